The standard InChI is InChI=1S/C27H28Cl2F3N3O3S3/c1-34(2)35(19-6-4-3-5-7-19)26(39)25-33-23(21-13-10-18(28)16-22(21)29)24(40-25)17-8-11-20(12-9-17)38-41(36,37)15-14-27(30,31)32/h8-13,16,19H,3-7,14-15H2,1-2H3. The van der Waals surface area contributed by atoms with E-state index in [9.17, 15) is 21.6 Å². The molecule has 1 fully saturated rings. The zero-order valence-electron chi connectivity index (χ0n) is 22.2. The molecule has 3 aromatic rings. The Bertz CT molecular complexity index is 1490. The number of aromatic nitrogens is 1. The van der Waals surface area contributed by atoms with Gasteiger partial charge >= 0.3 is 16.3 Å². The lowest BCUT2D eigenvalue weighted by molar-refractivity contribution is -0.130. The lowest BCUT2D eigenvalue weighted by Gasteiger charge is -2.39. The summed E-state index contributed by atoms with van der Waals surface area (Å²) in [5.41, 5.74) is 1.88. The van der Waals surface area contributed by atoms with Crippen LogP contribution < -0.4 is 4.18 Å². The molecule has 0 amide bonds. The quantitative estimate of drug-likeness (QED) is 0.130. The van der Waals surface area contributed by atoms with Crippen LogP contribution in [0, 0.1) is 0 Å². The molecule has 1 aliphatic carbocycles. The topological polar surface area (TPSA) is 62.7 Å². The largest absolute Gasteiger partial charge is 0.390 e. The van der Waals surface area contributed by atoms with Crippen LogP contribution in [-0.4, -0.2) is 60.5 Å². The molecule has 41 heavy (non-hydrogen) atoms. The highest BCUT2D eigenvalue weighted by molar-refractivity contribution is 7.87. The molecule has 0 atom stereocenters. The molecule has 1 aromatic heterocycles. The van der Waals surface area contributed by atoms with Crippen molar-refractivity contribution in [2.75, 3.05) is 19.8 Å². The second kappa shape index (κ2) is 13.1. The van der Waals surface area contributed by atoms with Crippen LogP contribution in [0.3, 0.4) is 0 Å². The highest BCUT2D eigenvalue weighted by atomic mass is 35.5. The number of hydrazine groups is 1. The first-order chi connectivity index (χ1) is 19.2. The molecule has 1 aliphatic rings. The van der Waals surface area contributed by atoms with Crippen LogP contribution in [0.25, 0.3) is 21.7 Å². The third-order valence-corrected chi connectivity index (χ3v) is 9.85. The average Bonchev–Trinajstić information content (AvgIpc) is 3.33. The van der Waals surface area contributed by atoms with Crippen LogP contribution in [0.1, 0.15) is 43.5 Å². The SMILES string of the molecule is CN(C)N(C(=S)c1nc(-c2ccc(Cl)cc2Cl)c(-c2ccc(OS(=O)(=O)CCC(F)(F)F)cc2)s1)C1CCCCC1. The van der Waals surface area contributed by atoms with Crippen molar-refractivity contribution in [1.29, 1.82) is 0 Å². The number of hydrogen-bond acceptors (Lipinski definition) is 7. The number of hydrogen-bond donors (Lipinski definition) is 0. The van der Waals surface area contributed by atoms with Gasteiger partial charge in [-0.2, -0.15) is 21.6 Å². The Kier molecular flexibility index (Phi) is 10.2. The van der Waals surface area contributed by atoms with E-state index in [2.05, 4.69) is 5.01 Å². The molecular formula is C27H28Cl2F3N3O3S3. The predicted molar refractivity (Wildman–Crippen MR) is 162 cm³/mol. The second-order valence-electron chi connectivity index (χ2n) is 9.84. The molecule has 1 heterocycles. The molecule has 0 radical (unpaired) electrons. The summed E-state index contributed by atoms with van der Waals surface area (Å²) in [6.07, 6.45) is -0.580. The van der Waals surface area contributed by atoms with Gasteiger partial charge in [-0.15, -0.1) is 11.3 Å². The van der Waals surface area contributed by atoms with Crippen molar-refractivity contribution >= 4 is 61.9 Å². The van der Waals surface area contributed by atoms with E-state index in [4.69, 9.17) is 44.6 Å². The van der Waals surface area contributed by atoms with E-state index in [1.807, 2.05) is 19.1 Å². The monoisotopic (exact) mass is 665 g/mol. The lowest BCUT2D eigenvalue weighted by atomic mass is 9.95. The maximum absolute atomic E-state index is 12.5. The number of benzene rings is 2. The predicted octanol–water partition coefficient (Wildman–Crippen LogP) is 8.23. The van der Waals surface area contributed by atoms with Gasteiger partial charge in [0.2, 0.25) is 0 Å². The summed E-state index contributed by atoms with van der Waals surface area (Å²) in [6.45, 7) is 0. The fourth-order valence-electron chi connectivity index (χ4n) is 4.66. The van der Waals surface area contributed by atoms with E-state index >= 15 is 0 Å². The first-order valence-electron chi connectivity index (χ1n) is 12.8. The Labute approximate surface area is 257 Å². The fourth-order valence-corrected chi connectivity index (χ4v) is 7.63. The number of thiazole rings is 1. The zero-order chi connectivity index (χ0) is 29.9. The van der Waals surface area contributed by atoms with Crippen molar-refractivity contribution in [2.45, 2.75) is 50.7 Å². The Hall–Kier alpha value is -1.96. The van der Waals surface area contributed by atoms with Gasteiger partial charge in [-0.1, -0.05) is 54.7 Å². The minimum absolute atomic E-state index is 0.0988. The fraction of sp³-hybridized carbons (Fsp3) is 0.407. The maximum atomic E-state index is 12.5. The number of alkyl halides is 3. The third-order valence-electron chi connectivity index (χ3n) is 6.53. The molecule has 0 bridgehead atoms. The Morgan fingerprint density at radius 1 is 1.10 bits per heavy atom. The molecule has 6 nitrogen and oxygen atoms in total. The van der Waals surface area contributed by atoms with Crippen molar-refractivity contribution in [3.05, 3.63) is 57.5 Å². The zero-order valence-corrected chi connectivity index (χ0v) is 26.2. The van der Waals surface area contributed by atoms with Crippen LogP contribution in [0.15, 0.2) is 42.5 Å². The van der Waals surface area contributed by atoms with Gasteiger partial charge in [-0.3, -0.25) is 5.01 Å². The van der Waals surface area contributed by atoms with Crippen molar-refractivity contribution in [1.82, 2.24) is 15.0 Å². The van der Waals surface area contributed by atoms with Crippen LogP contribution in [0.4, 0.5) is 13.2 Å². The minimum Gasteiger partial charge on any atom is -0.382 e. The molecule has 4 rings (SSSR count). The smallest absolute Gasteiger partial charge is 0.382 e. The van der Waals surface area contributed by atoms with Crippen molar-refractivity contribution < 1.29 is 25.8 Å². The maximum Gasteiger partial charge on any atom is 0.390 e. The van der Waals surface area contributed by atoms with Gasteiger partial charge in [0.05, 0.1) is 27.8 Å². The van der Waals surface area contributed by atoms with Crippen molar-refractivity contribution in [3.8, 4) is 27.4 Å². The summed E-state index contributed by atoms with van der Waals surface area (Å²) < 4.78 is 66.5. The first-order valence-corrected chi connectivity index (χ1v) is 16.4. The van der Waals surface area contributed by atoms with Gasteiger partial charge in [0.25, 0.3) is 0 Å². The van der Waals surface area contributed by atoms with Crippen LogP contribution >= 0.6 is 46.8 Å². The van der Waals surface area contributed by atoms with E-state index in [1.54, 1.807) is 30.3 Å². The second-order valence-corrected chi connectivity index (χ2v) is 13.8. The molecule has 0 unspecified atom stereocenters. The number of nitrogens with zero attached hydrogens (tertiary/aromatic N) is 3. The Morgan fingerprint density at radius 3 is 2.34 bits per heavy atom. The Balaban J connectivity index is 1.70. The van der Waals surface area contributed by atoms with Gasteiger partial charge in [-0.05, 0) is 60.9 Å². The lowest BCUT2D eigenvalue weighted by Crippen LogP contribution is -2.49. The molecule has 0 spiro atoms. The van der Waals surface area contributed by atoms with Crippen LogP contribution in [-0.2, 0) is 10.1 Å². The molecule has 2 aromatic carbocycles. The molecule has 0 aliphatic heterocycles. The molecular weight excluding hydrogens is 638 g/mol. The van der Waals surface area contributed by atoms with Crippen LogP contribution in [0.5, 0.6) is 5.75 Å². The summed E-state index contributed by atoms with van der Waals surface area (Å²) in [4.78, 5) is 6.23. The summed E-state index contributed by atoms with van der Waals surface area (Å²) >= 11 is 20.0. The van der Waals surface area contributed by atoms with Gasteiger partial charge in [0.1, 0.15) is 5.75 Å². The Morgan fingerprint density at radius 2 is 1.76 bits per heavy atom. The van der Waals surface area contributed by atoms with Crippen molar-refractivity contribution in [3.63, 3.8) is 0 Å². The third kappa shape index (κ3) is 8.32. The summed E-state index contributed by atoms with van der Waals surface area (Å²) in [5, 5.41) is 5.57. The van der Waals surface area contributed by atoms with E-state index in [1.165, 1.54) is 29.9 Å². The molecule has 1 saturated carbocycles. The highest BCUT2D eigenvalue weighted by Crippen LogP contribution is 2.41. The minimum atomic E-state index is -4.61. The summed E-state index contributed by atoms with van der Waals surface area (Å²) in [6, 6.07) is 11.4. The van der Waals surface area contributed by atoms with E-state index in [0.29, 0.717) is 36.9 Å². The van der Waals surface area contributed by atoms with Crippen molar-refractivity contribution in [2.24, 2.45) is 0 Å². The van der Waals surface area contributed by atoms with Gasteiger partial charge in [0.15, 0.2) is 10.00 Å². The summed E-state index contributed by atoms with van der Waals surface area (Å²) in [5.74, 6) is -1.27. The summed E-state index contributed by atoms with van der Waals surface area (Å²) in [7, 11) is -0.524. The van der Waals surface area contributed by atoms with E-state index in [-0.39, 0.29) is 11.8 Å². The van der Waals surface area contributed by atoms with E-state index < -0.39 is 28.5 Å². The molecule has 0 N–H and O–H groups in total. The van der Waals surface area contributed by atoms with E-state index in [0.717, 1.165) is 30.6 Å². The molecule has 0 saturated heterocycles. The van der Waals surface area contributed by atoms with Gasteiger partial charge < -0.3 is 4.18 Å². The average molecular weight is 667 g/mol. The van der Waals surface area contributed by atoms with Gasteiger partial charge in [-0.25, -0.2) is 9.99 Å². The molecule has 222 valence electrons. The highest BCUT2D eigenvalue weighted by Gasteiger charge is 2.31. The number of thiocarbonyl (C=S) groups is 1. The molecule has 14 heteroatoms. The van der Waals surface area contributed by atoms with Crippen LogP contribution in [0.2, 0.25) is 10.0 Å². The van der Waals surface area contributed by atoms with Gasteiger partial charge in [0, 0.05) is 30.7 Å². The number of rotatable bonds is 9. The normalized spacial score (nSPS) is 14.8. The first kappa shape index (κ1) is 32.0. The number of halogens is 5.